The van der Waals surface area contributed by atoms with Crippen LogP contribution in [0.2, 0.25) is 0 Å². The number of hydrogen-bond acceptors (Lipinski definition) is 5. The van der Waals surface area contributed by atoms with Crippen LogP contribution in [0, 0.1) is 5.92 Å². The Kier molecular flexibility index (Phi) is 11.0. The molecule has 0 fully saturated rings. The Morgan fingerprint density at radius 3 is 2.56 bits per heavy atom. The molecule has 0 aromatic carbocycles. The molecule has 1 atom stereocenters. The summed E-state index contributed by atoms with van der Waals surface area (Å²) in [6, 6.07) is 0. The summed E-state index contributed by atoms with van der Waals surface area (Å²) in [6.45, 7) is 5.46. The zero-order chi connectivity index (χ0) is 12.2. The highest BCUT2D eigenvalue weighted by molar-refractivity contribution is 7.98. The second-order valence-electron chi connectivity index (χ2n) is 3.40. The van der Waals surface area contributed by atoms with Crippen molar-refractivity contribution in [3.8, 4) is 0 Å². The first kappa shape index (κ1) is 15.7. The third-order valence-corrected chi connectivity index (χ3v) is 2.66. The van der Waals surface area contributed by atoms with Gasteiger partial charge in [0.05, 0.1) is 19.1 Å². The Morgan fingerprint density at radius 1 is 1.25 bits per heavy atom. The number of thioether (sulfide) groups is 1. The zero-order valence-electron chi connectivity index (χ0n) is 10.4. The molecule has 4 nitrogen and oxygen atoms in total. The van der Waals surface area contributed by atoms with Crippen LogP contribution in [0.25, 0.3) is 0 Å². The van der Waals surface area contributed by atoms with Gasteiger partial charge in [-0.3, -0.25) is 4.79 Å². The van der Waals surface area contributed by atoms with Crippen LogP contribution in [0.15, 0.2) is 0 Å². The van der Waals surface area contributed by atoms with Crippen molar-refractivity contribution in [2.75, 3.05) is 38.6 Å². The third kappa shape index (κ3) is 9.00. The van der Waals surface area contributed by atoms with Crippen LogP contribution >= 0.6 is 11.8 Å². The second kappa shape index (κ2) is 11.2. The zero-order valence-corrected chi connectivity index (χ0v) is 11.2. The summed E-state index contributed by atoms with van der Waals surface area (Å²) in [7, 11) is 0. The van der Waals surface area contributed by atoms with E-state index in [1.165, 1.54) is 0 Å². The van der Waals surface area contributed by atoms with Gasteiger partial charge in [0.25, 0.3) is 0 Å². The van der Waals surface area contributed by atoms with E-state index in [4.69, 9.17) is 14.2 Å². The highest BCUT2D eigenvalue weighted by atomic mass is 32.2. The molecule has 96 valence electrons. The van der Waals surface area contributed by atoms with Gasteiger partial charge in [0.2, 0.25) is 0 Å². The van der Waals surface area contributed by atoms with Crippen molar-refractivity contribution in [3.63, 3.8) is 0 Å². The quantitative estimate of drug-likeness (QED) is 0.337. The van der Waals surface area contributed by atoms with Gasteiger partial charge >= 0.3 is 5.97 Å². The van der Waals surface area contributed by atoms with Crippen molar-refractivity contribution in [1.82, 2.24) is 0 Å². The maximum atomic E-state index is 11.2. The molecule has 0 rings (SSSR count). The van der Waals surface area contributed by atoms with Gasteiger partial charge in [-0.25, -0.2) is 0 Å². The molecule has 0 aliphatic heterocycles. The minimum atomic E-state index is -0.158. The van der Waals surface area contributed by atoms with Gasteiger partial charge in [-0.1, -0.05) is 13.8 Å². The third-order valence-electron chi connectivity index (χ3n) is 2.09. The average Bonchev–Trinajstić information content (AvgIpc) is 2.31. The van der Waals surface area contributed by atoms with Gasteiger partial charge in [0, 0.05) is 5.75 Å². The van der Waals surface area contributed by atoms with Crippen LogP contribution in [0.5, 0.6) is 0 Å². The second-order valence-corrected chi connectivity index (χ2v) is 4.39. The molecular formula is C11H22O4S. The summed E-state index contributed by atoms with van der Waals surface area (Å²) in [5.41, 5.74) is 0. The molecular weight excluding hydrogens is 228 g/mol. The van der Waals surface area contributed by atoms with E-state index >= 15 is 0 Å². The van der Waals surface area contributed by atoms with Gasteiger partial charge in [-0.2, -0.15) is 11.8 Å². The lowest BCUT2D eigenvalue weighted by Gasteiger charge is -2.09. The maximum Gasteiger partial charge on any atom is 0.308 e. The van der Waals surface area contributed by atoms with E-state index in [9.17, 15) is 4.79 Å². The van der Waals surface area contributed by atoms with E-state index < -0.39 is 0 Å². The molecule has 0 aliphatic rings. The molecule has 0 aromatic heterocycles. The summed E-state index contributed by atoms with van der Waals surface area (Å²) < 4.78 is 15.3. The molecule has 0 radical (unpaired) electrons. The smallest absolute Gasteiger partial charge is 0.308 e. The fraction of sp³-hybridized carbons (Fsp3) is 0.909. The van der Waals surface area contributed by atoms with E-state index in [2.05, 4.69) is 0 Å². The highest BCUT2D eigenvalue weighted by Crippen LogP contribution is 2.02. The van der Waals surface area contributed by atoms with Crippen molar-refractivity contribution in [1.29, 1.82) is 0 Å². The lowest BCUT2D eigenvalue weighted by molar-refractivity contribution is -0.151. The average molecular weight is 250 g/mol. The molecule has 0 N–H and O–H groups in total. The van der Waals surface area contributed by atoms with Gasteiger partial charge in [0.1, 0.15) is 13.4 Å². The summed E-state index contributed by atoms with van der Waals surface area (Å²) in [5, 5.41) is 0. The first-order valence-corrected chi connectivity index (χ1v) is 6.92. The molecule has 0 saturated carbocycles. The number of ether oxygens (including phenoxy) is 3. The SMILES string of the molecule is CCC(C)C(=O)OCCOCOCCSC. The number of carbonyl (C=O) groups is 1. The largest absolute Gasteiger partial charge is 0.463 e. The van der Waals surface area contributed by atoms with Crippen molar-refractivity contribution < 1.29 is 19.0 Å². The molecule has 1 unspecified atom stereocenters. The molecule has 0 heterocycles. The topological polar surface area (TPSA) is 44.8 Å². The molecule has 0 bridgehead atoms. The summed E-state index contributed by atoms with van der Waals surface area (Å²) in [6.07, 6.45) is 2.83. The Labute approximate surface area is 102 Å². The number of esters is 1. The van der Waals surface area contributed by atoms with E-state index in [1.807, 2.05) is 20.1 Å². The minimum absolute atomic E-state index is 0.0298. The highest BCUT2D eigenvalue weighted by Gasteiger charge is 2.10. The van der Waals surface area contributed by atoms with Gasteiger partial charge in [-0.05, 0) is 12.7 Å². The standard InChI is InChI=1S/C11H22O4S/c1-4-10(2)11(12)15-6-5-13-9-14-7-8-16-3/h10H,4-9H2,1-3H3. The first-order chi connectivity index (χ1) is 7.72. The normalized spacial score (nSPS) is 12.4. The van der Waals surface area contributed by atoms with Crippen molar-refractivity contribution >= 4 is 17.7 Å². The van der Waals surface area contributed by atoms with Crippen LogP contribution in [0.4, 0.5) is 0 Å². The van der Waals surface area contributed by atoms with E-state index in [-0.39, 0.29) is 18.7 Å². The number of carbonyl (C=O) groups excluding carboxylic acids is 1. The summed E-state index contributed by atoms with van der Waals surface area (Å²) in [4.78, 5) is 11.2. The fourth-order valence-corrected chi connectivity index (χ4v) is 1.11. The van der Waals surface area contributed by atoms with Gasteiger partial charge in [0.15, 0.2) is 0 Å². The predicted octanol–water partition coefficient (Wildman–Crippen LogP) is 1.93. The molecule has 16 heavy (non-hydrogen) atoms. The maximum absolute atomic E-state index is 11.2. The lowest BCUT2D eigenvalue weighted by atomic mass is 10.1. The molecule has 5 heteroatoms. The van der Waals surface area contributed by atoms with Gasteiger partial charge in [-0.15, -0.1) is 0 Å². The Balaban J connectivity index is 3.18. The molecule has 0 amide bonds. The molecule has 0 aromatic rings. The summed E-state index contributed by atoms with van der Waals surface area (Å²) in [5.74, 6) is 0.777. The van der Waals surface area contributed by atoms with Crippen LogP contribution in [-0.4, -0.2) is 44.6 Å². The molecule has 0 saturated heterocycles. The van der Waals surface area contributed by atoms with E-state index in [0.717, 1.165) is 12.2 Å². The molecule has 0 spiro atoms. The Bertz CT molecular complexity index is 175. The van der Waals surface area contributed by atoms with Crippen molar-refractivity contribution in [3.05, 3.63) is 0 Å². The van der Waals surface area contributed by atoms with Crippen molar-refractivity contribution in [2.45, 2.75) is 20.3 Å². The Hall–Kier alpha value is -0.260. The Morgan fingerprint density at radius 2 is 1.94 bits per heavy atom. The predicted molar refractivity (Wildman–Crippen MR) is 65.6 cm³/mol. The minimum Gasteiger partial charge on any atom is -0.463 e. The van der Waals surface area contributed by atoms with Crippen molar-refractivity contribution in [2.24, 2.45) is 5.92 Å². The van der Waals surface area contributed by atoms with E-state index in [0.29, 0.717) is 19.8 Å². The lowest BCUT2D eigenvalue weighted by Crippen LogP contribution is -2.17. The van der Waals surface area contributed by atoms with E-state index in [1.54, 1.807) is 11.8 Å². The van der Waals surface area contributed by atoms with Crippen LogP contribution < -0.4 is 0 Å². The summed E-state index contributed by atoms with van der Waals surface area (Å²) >= 11 is 1.73. The monoisotopic (exact) mass is 250 g/mol. The van der Waals surface area contributed by atoms with Gasteiger partial charge < -0.3 is 14.2 Å². The van der Waals surface area contributed by atoms with Crippen LogP contribution in [0.1, 0.15) is 20.3 Å². The molecule has 0 aliphatic carbocycles. The van der Waals surface area contributed by atoms with Crippen LogP contribution in [-0.2, 0) is 19.0 Å². The fourth-order valence-electron chi connectivity index (χ4n) is 0.829. The number of hydrogen-bond donors (Lipinski definition) is 0. The number of rotatable bonds is 10. The van der Waals surface area contributed by atoms with Crippen LogP contribution in [0.3, 0.4) is 0 Å². The first-order valence-electron chi connectivity index (χ1n) is 5.53.